The van der Waals surface area contributed by atoms with Crippen molar-refractivity contribution in [2.75, 3.05) is 41.0 Å². The molecule has 8 heteroatoms. The molecule has 0 aliphatic rings. The molecule has 224 valence electrons. The first-order valence-corrected chi connectivity index (χ1v) is 15.0. The molecule has 0 rings (SSSR count). The van der Waals surface area contributed by atoms with Crippen molar-refractivity contribution in [1.29, 1.82) is 0 Å². The zero-order valence-electron chi connectivity index (χ0n) is 25.1. The van der Waals surface area contributed by atoms with E-state index in [1.54, 1.807) is 0 Å². The lowest BCUT2D eigenvalue weighted by molar-refractivity contribution is -0.887. The van der Waals surface area contributed by atoms with E-state index >= 15 is 0 Å². The predicted octanol–water partition coefficient (Wildman–Crippen LogP) is 6.29. The maximum Gasteiger partial charge on any atom is 0.362 e. The quantitative estimate of drug-likeness (QED) is 0.0776. The van der Waals surface area contributed by atoms with Crippen LogP contribution in [-0.2, 0) is 28.6 Å². The lowest BCUT2D eigenvalue weighted by Crippen LogP contribution is -2.50. The highest BCUT2D eigenvalue weighted by Gasteiger charge is 2.31. The number of hydrogen-bond donors (Lipinski definition) is 1. The van der Waals surface area contributed by atoms with Crippen molar-refractivity contribution in [3.63, 3.8) is 0 Å². The summed E-state index contributed by atoms with van der Waals surface area (Å²) in [6.07, 6.45) is 19.0. The Hall–Kier alpha value is -1.67. The first-order valence-electron chi connectivity index (χ1n) is 15.0. The molecule has 0 spiro atoms. The third-order valence-corrected chi connectivity index (χ3v) is 6.81. The third-order valence-electron chi connectivity index (χ3n) is 6.81. The fourth-order valence-corrected chi connectivity index (χ4v) is 4.46. The van der Waals surface area contributed by atoms with Gasteiger partial charge in [0.15, 0.2) is 12.1 Å². The van der Waals surface area contributed by atoms with E-state index in [1.807, 2.05) is 21.1 Å². The van der Waals surface area contributed by atoms with Crippen LogP contribution in [0.4, 0.5) is 0 Å². The van der Waals surface area contributed by atoms with Gasteiger partial charge in [-0.3, -0.25) is 9.59 Å². The van der Waals surface area contributed by atoms with Crippen LogP contribution in [0.5, 0.6) is 0 Å². The van der Waals surface area contributed by atoms with E-state index in [0.717, 1.165) is 19.3 Å². The van der Waals surface area contributed by atoms with Gasteiger partial charge in [0.2, 0.25) is 0 Å². The minimum atomic E-state index is -0.882. The van der Waals surface area contributed by atoms with Crippen LogP contribution in [0.2, 0.25) is 0 Å². The Morgan fingerprint density at radius 2 is 1.21 bits per heavy atom. The van der Waals surface area contributed by atoms with Crippen LogP contribution in [0, 0.1) is 0 Å². The molecule has 0 aromatic carbocycles. The lowest BCUT2D eigenvalue weighted by Gasteiger charge is -2.31. The summed E-state index contributed by atoms with van der Waals surface area (Å²) in [4.78, 5) is 35.0. The van der Waals surface area contributed by atoms with E-state index in [9.17, 15) is 19.5 Å². The van der Waals surface area contributed by atoms with Crippen LogP contribution in [0.15, 0.2) is 0 Å². The van der Waals surface area contributed by atoms with E-state index in [1.165, 1.54) is 84.0 Å². The maximum absolute atomic E-state index is 12.3. The Balaban J connectivity index is 3.96. The van der Waals surface area contributed by atoms with Gasteiger partial charge >= 0.3 is 17.9 Å². The molecule has 0 aliphatic heterocycles. The summed E-state index contributed by atoms with van der Waals surface area (Å²) >= 11 is 0. The second kappa shape index (κ2) is 23.2. The molecule has 38 heavy (non-hydrogen) atoms. The van der Waals surface area contributed by atoms with E-state index in [4.69, 9.17) is 14.2 Å². The summed E-state index contributed by atoms with van der Waals surface area (Å²) in [7, 11) is 5.46. The number of likely N-dealkylation sites (N-methyl/N-ethyl adjacent to an activating group) is 1. The molecule has 0 aromatic heterocycles. The number of carboxylic acid groups (broad SMARTS) is 1. The minimum Gasteiger partial charge on any atom is -0.477 e. The van der Waals surface area contributed by atoms with Gasteiger partial charge in [-0.05, 0) is 6.42 Å². The number of nitrogens with zero attached hydrogens (tertiary/aromatic N) is 1. The highest BCUT2D eigenvalue weighted by Crippen LogP contribution is 2.14. The largest absolute Gasteiger partial charge is 0.477 e. The van der Waals surface area contributed by atoms with Gasteiger partial charge in [-0.15, -0.1) is 0 Å². The zero-order valence-corrected chi connectivity index (χ0v) is 25.1. The van der Waals surface area contributed by atoms with E-state index in [0.29, 0.717) is 12.8 Å². The summed E-state index contributed by atoms with van der Waals surface area (Å²) in [6.45, 7) is 3.75. The molecule has 2 unspecified atom stereocenters. The molecule has 2 atom stereocenters. The number of carbonyl (C=O) groups excluding carboxylic acids is 2. The Morgan fingerprint density at radius 3 is 1.63 bits per heavy atom. The Bertz CT molecular complexity index is 618. The number of quaternary nitrogens is 1. The van der Waals surface area contributed by atoms with Crippen LogP contribution in [0.25, 0.3) is 0 Å². The second-order valence-corrected chi connectivity index (χ2v) is 11.4. The number of aliphatic carboxylic acids is 1. The van der Waals surface area contributed by atoms with Crippen LogP contribution in [0.3, 0.4) is 0 Å². The number of ether oxygens (including phenoxy) is 3. The van der Waals surface area contributed by atoms with E-state index in [2.05, 4.69) is 6.92 Å². The summed E-state index contributed by atoms with van der Waals surface area (Å²) in [6, 6.07) is -0.602. The van der Waals surface area contributed by atoms with Crippen molar-refractivity contribution in [1.82, 2.24) is 0 Å². The molecule has 0 aromatic rings. The van der Waals surface area contributed by atoms with Crippen molar-refractivity contribution in [2.45, 2.75) is 135 Å². The predicted molar refractivity (Wildman–Crippen MR) is 151 cm³/mol. The van der Waals surface area contributed by atoms with Crippen LogP contribution in [-0.4, -0.2) is 80.6 Å². The molecule has 0 bridgehead atoms. The molecule has 1 N–H and O–H groups in total. The fourth-order valence-electron chi connectivity index (χ4n) is 4.46. The Morgan fingerprint density at radius 1 is 0.737 bits per heavy atom. The number of rotatable bonds is 26. The molecule has 0 saturated carbocycles. The van der Waals surface area contributed by atoms with Gasteiger partial charge in [0.25, 0.3) is 0 Å². The van der Waals surface area contributed by atoms with Crippen LogP contribution >= 0.6 is 0 Å². The molecule has 0 amide bonds. The van der Waals surface area contributed by atoms with Crippen molar-refractivity contribution in [2.24, 2.45) is 0 Å². The van der Waals surface area contributed by atoms with Gasteiger partial charge in [0.1, 0.15) is 6.61 Å². The molecular weight excluding hydrogens is 486 g/mol. The van der Waals surface area contributed by atoms with Crippen LogP contribution < -0.4 is 0 Å². The smallest absolute Gasteiger partial charge is 0.362 e. The normalized spacial score (nSPS) is 13.2. The van der Waals surface area contributed by atoms with Crippen molar-refractivity contribution in [3.05, 3.63) is 0 Å². The third kappa shape index (κ3) is 22.3. The average Bonchev–Trinajstić information content (AvgIpc) is 2.83. The number of carbonyl (C=O) groups is 3. The van der Waals surface area contributed by atoms with Gasteiger partial charge in [-0.2, -0.15) is 0 Å². The van der Waals surface area contributed by atoms with Crippen LogP contribution in [0.1, 0.15) is 123 Å². The van der Waals surface area contributed by atoms with Gasteiger partial charge in [-0.1, -0.05) is 96.8 Å². The van der Waals surface area contributed by atoms with Gasteiger partial charge in [-0.25, -0.2) is 4.79 Å². The summed E-state index contributed by atoms with van der Waals surface area (Å²) < 4.78 is 16.4. The molecule has 0 saturated heterocycles. The first-order chi connectivity index (χ1) is 18.1. The lowest BCUT2D eigenvalue weighted by atomic mass is 10.0. The highest BCUT2D eigenvalue weighted by atomic mass is 16.6. The monoisotopic (exact) mass is 544 g/mol. The Labute approximate surface area is 232 Å². The molecule has 0 fully saturated rings. The molecule has 8 nitrogen and oxygen atoms in total. The maximum atomic E-state index is 12.3. The number of carboxylic acids is 1. The van der Waals surface area contributed by atoms with Gasteiger partial charge in [0, 0.05) is 19.8 Å². The Kier molecular flexibility index (Phi) is 22.2. The average molecular weight is 545 g/mol. The molecule has 0 radical (unpaired) electrons. The van der Waals surface area contributed by atoms with E-state index in [-0.39, 0.29) is 30.3 Å². The fraction of sp³-hybridized carbons (Fsp3) is 0.900. The van der Waals surface area contributed by atoms with Crippen molar-refractivity contribution in [3.8, 4) is 0 Å². The summed E-state index contributed by atoms with van der Waals surface area (Å²) in [5, 5.41) is 9.41. The topological polar surface area (TPSA) is 99.1 Å². The van der Waals surface area contributed by atoms with Crippen molar-refractivity contribution < 1.29 is 38.2 Å². The number of unbranched alkanes of at least 4 members (excludes halogenated alkanes) is 14. The zero-order chi connectivity index (χ0) is 28.7. The minimum absolute atomic E-state index is 0.0569. The molecule has 0 aliphatic carbocycles. The second-order valence-electron chi connectivity index (χ2n) is 11.4. The number of hydrogen-bond acceptors (Lipinski definition) is 6. The number of esters is 2. The van der Waals surface area contributed by atoms with Gasteiger partial charge < -0.3 is 23.8 Å². The molecular formula is C30H58NO7+. The molecule has 0 heterocycles. The summed E-state index contributed by atoms with van der Waals surface area (Å²) in [5.74, 6) is -1.66. The SMILES string of the molecule is CCCCCCCCCCCCCCCCCC(=O)OC(COCCC(C(=O)O)[N+](C)(C)C)COC(C)=O. The van der Waals surface area contributed by atoms with Gasteiger partial charge in [0.05, 0.1) is 34.4 Å². The first kappa shape index (κ1) is 36.3. The standard InChI is InChI=1S/C30H57NO7/c1-6-7-8-9-10-11-12-13-14-15-16-17-18-19-20-21-29(33)38-27(25-37-26(2)32)24-36-23-22-28(30(34)35)31(3,4)5/h27-28H,6-25H2,1-5H3/p+1. The summed E-state index contributed by atoms with van der Waals surface area (Å²) in [5.41, 5.74) is 0. The van der Waals surface area contributed by atoms with Crippen molar-refractivity contribution >= 4 is 17.9 Å². The highest BCUT2D eigenvalue weighted by molar-refractivity contribution is 5.72. The van der Waals surface area contributed by atoms with E-state index < -0.39 is 24.1 Å².